The third-order valence-electron chi connectivity index (χ3n) is 3.33. The molecule has 2 rings (SSSR count). The van der Waals surface area contributed by atoms with Crippen LogP contribution in [0.4, 0.5) is 5.69 Å². The first-order chi connectivity index (χ1) is 9.77. The van der Waals surface area contributed by atoms with Gasteiger partial charge in [0.15, 0.2) is 0 Å². The molecular weight excluding hydrogens is 280 g/mol. The average molecular weight is 302 g/mol. The molecule has 0 radical (unpaired) electrons. The standard InChI is InChI=1S/C17H22N2OS/c1-11-15(21-12(2)18-11)10-16(20)19-14-9-7-6-8-13(14)17(3,4)5/h6-9H,10H2,1-5H3,(H,19,20). The third kappa shape index (κ3) is 3.91. The van der Waals surface area contributed by atoms with E-state index in [1.165, 1.54) is 0 Å². The Morgan fingerprint density at radius 1 is 1.24 bits per heavy atom. The van der Waals surface area contributed by atoms with Crippen molar-refractivity contribution >= 4 is 22.9 Å². The van der Waals surface area contributed by atoms with Crippen molar-refractivity contribution in [2.45, 2.75) is 46.5 Å². The van der Waals surface area contributed by atoms with Crippen LogP contribution >= 0.6 is 11.3 Å². The maximum atomic E-state index is 12.3. The average Bonchev–Trinajstić information content (AvgIpc) is 2.67. The largest absolute Gasteiger partial charge is 0.326 e. The number of rotatable bonds is 3. The lowest BCUT2D eigenvalue weighted by Crippen LogP contribution is -2.19. The molecule has 4 heteroatoms. The normalized spacial score (nSPS) is 11.5. The Bertz CT molecular complexity index is 653. The highest BCUT2D eigenvalue weighted by molar-refractivity contribution is 7.11. The quantitative estimate of drug-likeness (QED) is 0.921. The van der Waals surface area contributed by atoms with Crippen molar-refractivity contribution in [1.82, 2.24) is 4.98 Å². The van der Waals surface area contributed by atoms with Crippen molar-refractivity contribution in [3.63, 3.8) is 0 Å². The number of carbonyl (C=O) groups excluding carboxylic acids is 1. The maximum Gasteiger partial charge on any atom is 0.229 e. The summed E-state index contributed by atoms with van der Waals surface area (Å²) in [6, 6.07) is 7.99. The SMILES string of the molecule is Cc1nc(C)c(CC(=O)Nc2ccccc2C(C)(C)C)s1. The second kappa shape index (κ2) is 5.98. The summed E-state index contributed by atoms with van der Waals surface area (Å²) in [5.41, 5.74) is 3.00. The Morgan fingerprint density at radius 2 is 1.90 bits per heavy atom. The highest BCUT2D eigenvalue weighted by Crippen LogP contribution is 2.29. The molecule has 1 aromatic carbocycles. The Labute approximate surface area is 130 Å². The molecule has 0 unspecified atom stereocenters. The van der Waals surface area contributed by atoms with Gasteiger partial charge in [-0.05, 0) is 30.9 Å². The van der Waals surface area contributed by atoms with Crippen LogP contribution in [-0.4, -0.2) is 10.9 Å². The van der Waals surface area contributed by atoms with E-state index in [-0.39, 0.29) is 11.3 Å². The zero-order chi connectivity index (χ0) is 15.6. The zero-order valence-corrected chi connectivity index (χ0v) is 14.1. The molecule has 0 bridgehead atoms. The number of hydrogen-bond acceptors (Lipinski definition) is 3. The summed E-state index contributed by atoms with van der Waals surface area (Å²) in [6.07, 6.45) is 0.385. The first kappa shape index (κ1) is 15.7. The highest BCUT2D eigenvalue weighted by Gasteiger charge is 2.19. The Balaban J connectivity index is 2.15. The van der Waals surface area contributed by atoms with Crippen LogP contribution in [0.25, 0.3) is 0 Å². The molecule has 1 amide bonds. The number of amides is 1. The molecular formula is C17H22N2OS. The summed E-state index contributed by atoms with van der Waals surface area (Å²) in [4.78, 5) is 17.7. The minimum atomic E-state index is 0.000859. The van der Waals surface area contributed by atoms with Crippen molar-refractivity contribution in [3.8, 4) is 0 Å². The predicted molar refractivity (Wildman–Crippen MR) is 89.1 cm³/mol. The van der Waals surface area contributed by atoms with Gasteiger partial charge in [-0.25, -0.2) is 4.98 Å². The molecule has 0 aliphatic rings. The van der Waals surface area contributed by atoms with Crippen molar-refractivity contribution in [2.24, 2.45) is 0 Å². The smallest absolute Gasteiger partial charge is 0.229 e. The van der Waals surface area contributed by atoms with Gasteiger partial charge in [0.2, 0.25) is 5.91 Å². The number of nitrogens with one attached hydrogen (secondary N) is 1. The third-order valence-corrected chi connectivity index (χ3v) is 4.40. The molecule has 0 spiro atoms. The lowest BCUT2D eigenvalue weighted by Gasteiger charge is -2.23. The maximum absolute atomic E-state index is 12.3. The van der Waals surface area contributed by atoms with E-state index in [9.17, 15) is 4.79 Å². The Kier molecular flexibility index (Phi) is 4.47. The lowest BCUT2D eigenvalue weighted by atomic mass is 9.86. The van der Waals surface area contributed by atoms with Gasteiger partial charge in [-0.3, -0.25) is 4.79 Å². The van der Waals surface area contributed by atoms with Gasteiger partial charge in [0, 0.05) is 10.6 Å². The molecule has 112 valence electrons. The monoisotopic (exact) mass is 302 g/mol. The molecule has 1 heterocycles. The summed E-state index contributed by atoms with van der Waals surface area (Å²) in [6.45, 7) is 10.4. The van der Waals surface area contributed by atoms with E-state index in [4.69, 9.17) is 0 Å². The fourth-order valence-electron chi connectivity index (χ4n) is 2.32. The van der Waals surface area contributed by atoms with Gasteiger partial charge < -0.3 is 5.32 Å². The molecule has 1 N–H and O–H groups in total. The van der Waals surface area contributed by atoms with E-state index in [1.807, 2.05) is 32.0 Å². The second-order valence-electron chi connectivity index (χ2n) is 6.26. The molecule has 0 saturated heterocycles. The van der Waals surface area contributed by atoms with Crippen LogP contribution in [0.1, 0.15) is 41.9 Å². The van der Waals surface area contributed by atoms with Crippen LogP contribution < -0.4 is 5.32 Å². The van der Waals surface area contributed by atoms with E-state index < -0.39 is 0 Å². The van der Waals surface area contributed by atoms with Crippen LogP contribution in [-0.2, 0) is 16.6 Å². The molecule has 0 fully saturated rings. The molecule has 3 nitrogen and oxygen atoms in total. The molecule has 0 atom stereocenters. The fraction of sp³-hybridized carbons (Fsp3) is 0.412. The van der Waals surface area contributed by atoms with Crippen molar-refractivity contribution < 1.29 is 4.79 Å². The lowest BCUT2D eigenvalue weighted by molar-refractivity contribution is -0.115. The number of hydrogen-bond donors (Lipinski definition) is 1. The van der Waals surface area contributed by atoms with Crippen molar-refractivity contribution in [1.29, 1.82) is 0 Å². The topological polar surface area (TPSA) is 42.0 Å². The van der Waals surface area contributed by atoms with E-state index in [0.717, 1.165) is 26.8 Å². The van der Waals surface area contributed by atoms with Gasteiger partial charge in [-0.2, -0.15) is 0 Å². The summed E-state index contributed by atoms with van der Waals surface area (Å²) >= 11 is 1.59. The first-order valence-corrected chi connectivity index (χ1v) is 7.91. The minimum Gasteiger partial charge on any atom is -0.326 e. The molecule has 0 saturated carbocycles. The molecule has 21 heavy (non-hydrogen) atoms. The number of para-hydroxylation sites is 1. The summed E-state index contributed by atoms with van der Waals surface area (Å²) in [5, 5.41) is 4.05. The number of anilines is 1. The number of aryl methyl sites for hydroxylation is 2. The predicted octanol–water partition coefficient (Wildman–Crippen LogP) is 4.24. The van der Waals surface area contributed by atoms with Crippen LogP contribution in [0.15, 0.2) is 24.3 Å². The Morgan fingerprint density at radius 3 is 2.48 bits per heavy atom. The van der Waals surface area contributed by atoms with Gasteiger partial charge in [-0.15, -0.1) is 11.3 Å². The van der Waals surface area contributed by atoms with Gasteiger partial charge in [0.1, 0.15) is 0 Å². The van der Waals surface area contributed by atoms with Gasteiger partial charge in [0.25, 0.3) is 0 Å². The van der Waals surface area contributed by atoms with Crippen LogP contribution in [0, 0.1) is 13.8 Å². The molecule has 2 aromatic rings. The number of aromatic nitrogens is 1. The van der Waals surface area contributed by atoms with Crippen molar-refractivity contribution in [3.05, 3.63) is 45.4 Å². The van der Waals surface area contributed by atoms with Crippen LogP contribution in [0.5, 0.6) is 0 Å². The molecule has 1 aromatic heterocycles. The number of nitrogens with zero attached hydrogens (tertiary/aromatic N) is 1. The van der Waals surface area contributed by atoms with Gasteiger partial charge in [-0.1, -0.05) is 39.0 Å². The molecule has 0 aliphatic heterocycles. The first-order valence-electron chi connectivity index (χ1n) is 7.09. The number of thiazole rings is 1. The summed E-state index contributed by atoms with van der Waals surface area (Å²) in [7, 11) is 0. The van der Waals surface area contributed by atoms with Crippen LogP contribution in [0.3, 0.4) is 0 Å². The molecule has 0 aliphatic carbocycles. The minimum absolute atomic E-state index is 0.000859. The summed E-state index contributed by atoms with van der Waals surface area (Å²) in [5.74, 6) is 0.0125. The van der Waals surface area contributed by atoms with E-state index in [1.54, 1.807) is 11.3 Å². The Hall–Kier alpha value is -1.68. The van der Waals surface area contributed by atoms with Crippen LogP contribution in [0.2, 0.25) is 0 Å². The van der Waals surface area contributed by atoms with E-state index >= 15 is 0 Å². The van der Waals surface area contributed by atoms with Crippen molar-refractivity contribution in [2.75, 3.05) is 5.32 Å². The van der Waals surface area contributed by atoms with E-state index in [0.29, 0.717) is 6.42 Å². The number of benzene rings is 1. The highest BCUT2D eigenvalue weighted by atomic mass is 32.1. The van der Waals surface area contributed by atoms with Gasteiger partial charge >= 0.3 is 0 Å². The second-order valence-corrected chi connectivity index (χ2v) is 7.55. The fourth-order valence-corrected chi connectivity index (χ4v) is 3.26. The summed E-state index contributed by atoms with van der Waals surface area (Å²) < 4.78 is 0. The zero-order valence-electron chi connectivity index (χ0n) is 13.3. The van der Waals surface area contributed by atoms with Gasteiger partial charge in [0.05, 0.1) is 17.1 Å². The van der Waals surface area contributed by atoms with E-state index in [2.05, 4.69) is 37.1 Å². The number of carbonyl (C=O) groups is 1.